The van der Waals surface area contributed by atoms with Crippen molar-refractivity contribution in [2.24, 2.45) is 0 Å². The molecule has 0 aliphatic heterocycles. The molecule has 6 heteroatoms. The molecule has 0 bridgehead atoms. The average molecular weight is 399 g/mol. The molecule has 146 valence electrons. The van der Waals surface area contributed by atoms with E-state index in [0.717, 1.165) is 0 Å². The zero-order valence-corrected chi connectivity index (χ0v) is 16.8. The van der Waals surface area contributed by atoms with E-state index >= 15 is 0 Å². The molecule has 0 saturated heterocycles. The smallest absolute Gasteiger partial charge is 0.265 e. The maximum atomic E-state index is 14.5. The molecule has 0 N–H and O–H groups in total. The van der Waals surface area contributed by atoms with Gasteiger partial charge in [-0.3, -0.25) is 4.31 Å². The first kappa shape index (κ1) is 19.9. The van der Waals surface area contributed by atoms with Crippen LogP contribution in [-0.2, 0) is 10.0 Å². The molecule has 28 heavy (non-hydrogen) atoms. The molecule has 0 aliphatic carbocycles. The van der Waals surface area contributed by atoms with Crippen molar-refractivity contribution in [1.29, 1.82) is 0 Å². The van der Waals surface area contributed by atoms with E-state index in [9.17, 15) is 12.8 Å². The first-order chi connectivity index (χ1) is 13.4. The highest BCUT2D eigenvalue weighted by Crippen LogP contribution is 2.35. The lowest BCUT2D eigenvalue weighted by molar-refractivity contribution is 0.415. The molecular weight excluding hydrogens is 377 g/mol. The SMILES string of the molecule is COc1ccc(N([C@H](C)c2ccccc2F)S(=O)(=O)c2ccccc2C)cc1. The van der Waals surface area contributed by atoms with Gasteiger partial charge in [-0.15, -0.1) is 0 Å². The molecule has 0 aromatic heterocycles. The molecule has 0 aliphatic rings. The van der Waals surface area contributed by atoms with Gasteiger partial charge in [0.2, 0.25) is 0 Å². The number of halogens is 1. The second kappa shape index (κ2) is 8.02. The van der Waals surface area contributed by atoms with Gasteiger partial charge in [0, 0.05) is 5.56 Å². The quantitative estimate of drug-likeness (QED) is 0.579. The molecule has 0 saturated carbocycles. The second-order valence-corrected chi connectivity index (χ2v) is 8.25. The van der Waals surface area contributed by atoms with Crippen LogP contribution in [0.1, 0.15) is 24.1 Å². The molecule has 1 atom stereocenters. The molecule has 0 heterocycles. The summed E-state index contributed by atoms with van der Waals surface area (Å²) < 4.78 is 48.1. The molecular formula is C22H22FNO3S. The van der Waals surface area contributed by atoms with Crippen LogP contribution in [-0.4, -0.2) is 15.5 Å². The highest BCUT2D eigenvalue weighted by atomic mass is 32.2. The number of hydrogen-bond donors (Lipinski definition) is 0. The number of anilines is 1. The van der Waals surface area contributed by atoms with Crippen LogP contribution >= 0.6 is 0 Å². The number of ether oxygens (including phenoxy) is 1. The van der Waals surface area contributed by atoms with Gasteiger partial charge < -0.3 is 4.74 Å². The molecule has 0 radical (unpaired) electrons. The van der Waals surface area contributed by atoms with Crippen molar-refractivity contribution in [3.8, 4) is 5.75 Å². The van der Waals surface area contributed by atoms with Crippen LogP contribution < -0.4 is 9.04 Å². The van der Waals surface area contributed by atoms with Crippen LogP contribution in [0.5, 0.6) is 5.75 Å². The van der Waals surface area contributed by atoms with E-state index in [0.29, 0.717) is 22.6 Å². The minimum absolute atomic E-state index is 0.189. The molecule has 0 fully saturated rings. The van der Waals surface area contributed by atoms with E-state index in [1.165, 1.54) is 10.4 Å². The number of benzene rings is 3. The second-order valence-electron chi connectivity index (χ2n) is 6.46. The highest BCUT2D eigenvalue weighted by molar-refractivity contribution is 7.92. The van der Waals surface area contributed by atoms with E-state index in [-0.39, 0.29) is 4.90 Å². The summed E-state index contributed by atoms with van der Waals surface area (Å²) in [6.45, 7) is 3.42. The predicted octanol–water partition coefficient (Wildman–Crippen LogP) is 5.10. The van der Waals surface area contributed by atoms with Gasteiger partial charge in [-0.05, 0) is 55.8 Å². The third kappa shape index (κ3) is 3.73. The standard InChI is InChI=1S/C22H22FNO3S/c1-16-8-4-7-11-22(16)28(25,26)24(18-12-14-19(27-3)15-13-18)17(2)20-9-5-6-10-21(20)23/h4-15,17H,1-3H3/t17-/m1/s1. The summed E-state index contributed by atoms with van der Waals surface area (Å²) in [5.41, 5.74) is 1.36. The minimum atomic E-state index is -3.94. The zero-order chi connectivity index (χ0) is 20.3. The van der Waals surface area contributed by atoms with E-state index in [1.807, 2.05) is 0 Å². The Labute approximate surface area is 165 Å². The van der Waals surface area contributed by atoms with Gasteiger partial charge in [0.25, 0.3) is 10.0 Å². The number of nitrogens with zero attached hydrogens (tertiary/aromatic N) is 1. The third-order valence-corrected chi connectivity index (χ3v) is 6.72. The fraction of sp³-hybridized carbons (Fsp3) is 0.182. The van der Waals surface area contributed by atoms with Crippen LogP contribution in [0.25, 0.3) is 0 Å². The zero-order valence-electron chi connectivity index (χ0n) is 16.0. The molecule has 0 unspecified atom stereocenters. The van der Waals surface area contributed by atoms with E-state index in [4.69, 9.17) is 4.74 Å². The Balaban J connectivity index is 2.19. The lowest BCUT2D eigenvalue weighted by Gasteiger charge is -2.31. The first-order valence-electron chi connectivity index (χ1n) is 8.85. The van der Waals surface area contributed by atoms with Crippen LogP contribution in [0.15, 0.2) is 77.7 Å². The van der Waals surface area contributed by atoms with E-state index in [2.05, 4.69) is 0 Å². The van der Waals surface area contributed by atoms with Crippen LogP contribution in [0.3, 0.4) is 0 Å². The minimum Gasteiger partial charge on any atom is -0.497 e. The summed E-state index contributed by atoms with van der Waals surface area (Å²) in [6, 6.07) is 18.9. The normalized spacial score (nSPS) is 12.4. The number of hydrogen-bond acceptors (Lipinski definition) is 3. The van der Waals surface area contributed by atoms with Gasteiger partial charge in [-0.1, -0.05) is 36.4 Å². The van der Waals surface area contributed by atoms with Crippen LogP contribution in [0.2, 0.25) is 0 Å². The fourth-order valence-electron chi connectivity index (χ4n) is 3.19. The van der Waals surface area contributed by atoms with Crippen LogP contribution in [0.4, 0.5) is 10.1 Å². The van der Waals surface area contributed by atoms with Crippen molar-refractivity contribution in [2.75, 3.05) is 11.4 Å². The maximum absolute atomic E-state index is 14.5. The van der Waals surface area contributed by atoms with Gasteiger partial charge >= 0.3 is 0 Å². The molecule has 3 rings (SSSR count). The summed E-state index contributed by atoms with van der Waals surface area (Å²) in [4.78, 5) is 0.189. The molecule has 3 aromatic rings. The highest BCUT2D eigenvalue weighted by Gasteiger charge is 2.32. The van der Waals surface area contributed by atoms with Crippen molar-refractivity contribution in [3.63, 3.8) is 0 Å². The summed E-state index contributed by atoms with van der Waals surface area (Å²) in [6.07, 6.45) is 0. The maximum Gasteiger partial charge on any atom is 0.265 e. The van der Waals surface area contributed by atoms with Crippen LogP contribution in [0, 0.1) is 12.7 Å². The predicted molar refractivity (Wildman–Crippen MR) is 109 cm³/mol. The van der Waals surface area contributed by atoms with Crippen molar-refractivity contribution in [2.45, 2.75) is 24.8 Å². The van der Waals surface area contributed by atoms with Gasteiger partial charge in [-0.2, -0.15) is 0 Å². The van der Waals surface area contributed by atoms with E-state index < -0.39 is 21.9 Å². The lowest BCUT2D eigenvalue weighted by Crippen LogP contribution is -2.34. The van der Waals surface area contributed by atoms with Crippen molar-refractivity contribution < 1.29 is 17.5 Å². The molecule has 3 aromatic carbocycles. The number of aryl methyl sites for hydroxylation is 1. The Morgan fingerprint density at radius 2 is 1.54 bits per heavy atom. The first-order valence-corrected chi connectivity index (χ1v) is 10.3. The summed E-state index contributed by atoms with van der Waals surface area (Å²) in [5.74, 6) is 0.157. The summed E-state index contributed by atoms with van der Waals surface area (Å²) >= 11 is 0. The Kier molecular flexibility index (Phi) is 5.70. The largest absolute Gasteiger partial charge is 0.497 e. The molecule has 4 nitrogen and oxygen atoms in total. The van der Waals surface area contributed by atoms with Crippen molar-refractivity contribution in [3.05, 3.63) is 89.7 Å². The average Bonchev–Trinajstić information content (AvgIpc) is 2.69. The summed E-state index contributed by atoms with van der Waals surface area (Å²) in [7, 11) is -2.40. The Morgan fingerprint density at radius 3 is 2.14 bits per heavy atom. The van der Waals surface area contributed by atoms with Gasteiger partial charge in [-0.25, -0.2) is 12.8 Å². The molecule has 0 spiro atoms. The lowest BCUT2D eigenvalue weighted by atomic mass is 10.1. The van der Waals surface area contributed by atoms with Crippen molar-refractivity contribution >= 4 is 15.7 Å². The van der Waals surface area contributed by atoms with E-state index in [1.54, 1.807) is 87.7 Å². The third-order valence-electron chi connectivity index (χ3n) is 4.66. The number of methoxy groups -OCH3 is 1. The fourth-order valence-corrected chi connectivity index (χ4v) is 5.06. The topological polar surface area (TPSA) is 46.6 Å². The van der Waals surface area contributed by atoms with Gasteiger partial charge in [0.1, 0.15) is 11.6 Å². The monoisotopic (exact) mass is 399 g/mol. The Bertz CT molecular complexity index is 1070. The van der Waals surface area contributed by atoms with Crippen molar-refractivity contribution in [1.82, 2.24) is 0 Å². The Morgan fingerprint density at radius 1 is 0.929 bits per heavy atom. The molecule has 0 amide bonds. The number of sulfonamides is 1. The Hall–Kier alpha value is -2.86. The summed E-state index contributed by atoms with van der Waals surface area (Å²) in [5, 5.41) is 0. The van der Waals surface area contributed by atoms with Gasteiger partial charge in [0.05, 0.1) is 23.7 Å². The van der Waals surface area contributed by atoms with Gasteiger partial charge in [0.15, 0.2) is 0 Å². The number of rotatable bonds is 6.